The summed E-state index contributed by atoms with van der Waals surface area (Å²) in [6.07, 6.45) is 0. The highest BCUT2D eigenvalue weighted by molar-refractivity contribution is 9.11. The summed E-state index contributed by atoms with van der Waals surface area (Å²) in [5.41, 5.74) is 5.85. The summed E-state index contributed by atoms with van der Waals surface area (Å²) in [4.78, 5) is 3.48. The third kappa shape index (κ3) is 3.53. The maximum absolute atomic E-state index is 9.09. The molecule has 0 saturated heterocycles. The van der Waals surface area contributed by atoms with Gasteiger partial charge in [-0.1, -0.05) is 0 Å². The molecular weight excluding hydrogens is 288 g/mol. The summed E-state index contributed by atoms with van der Waals surface area (Å²) in [5, 5.41) is 9.09. The normalized spacial score (nSPS) is 13.7. The van der Waals surface area contributed by atoms with Crippen LogP contribution in [-0.2, 0) is 0 Å². The van der Waals surface area contributed by atoms with Gasteiger partial charge in [0.1, 0.15) is 0 Å². The molecule has 1 heterocycles. The van der Waals surface area contributed by atoms with Crippen LogP contribution in [0.25, 0.3) is 0 Å². The first kappa shape index (κ1) is 14.1. The number of hydrogen-bond donors (Lipinski definition) is 2. The van der Waals surface area contributed by atoms with Crippen LogP contribution < -0.4 is 5.73 Å². The van der Waals surface area contributed by atoms with Gasteiger partial charge < -0.3 is 10.8 Å². The lowest BCUT2D eigenvalue weighted by Gasteiger charge is -2.33. The van der Waals surface area contributed by atoms with Crippen LogP contribution in [0.4, 0.5) is 0 Å². The van der Waals surface area contributed by atoms with Gasteiger partial charge in [0.05, 0.1) is 16.4 Å². The van der Waals surface area contributed by atoms with E-state index in [0.717, 1.165) is 3.79 Å². The molecule has 0 aromatic carbocycles. The Kier molecular flexibility index (Phi) is 5.92. The van der Waals surface area contributed by atoms with Crippen molar-refractivity contribution in [2.75, 3.05) is 19.7 Å². The molecule has 92 valence electrons. The molecule has 0 radical (unpaired) electrons. The van der Waals surface area contributed by atoms with E-state index in [1.54, 1.807) is 11.3 Å². The first-order valence-electron chi connectivity index (χ1n) is 5.42. The molecule has 0 aliphatic rings. The zero-order valence-electron chi connectivity index (χ0n) is 9.69. The van der Waals surface area contributed by atoms with Crippen molar-refractivity contribution in [1.29, 1.82) is 0 Å². The van der Waals surface area contributed by atoms with E-state index < -0.39 is 0 Å². The van der Waals surface area contributed by atoms with Gasteiger partial charge in [0, 0.05) is 24.0 Å². The molecule has 1 unspecified atom stereocenters. The summed E-state index contributed by atoms with van der Waals surface area (Å²) in [5.74, 6) is 0. The largest absolute Gasteiger partial charge is 0.395 e. The van der Waals surface area contributed by atoms with Crippen molar-refractivity contribution in [2.45, 2.75) is 25.9 Å². The fourth-order valence-corrected chi connectivity index (χ4v) is 3.37. The molecule has 0 spiro atoms. The molecule has 0 fully saturated rings. The summed E-state index contributed by atoms with van der Waals surface area (Å²) in [7, 11) is 0. The minimum Gasteiger partial charge on any atom is -0.395 e. The van der Waals surface area contributed by atoms with Gasteiger partial charge in [-0.15, -0.1) is 11.3 Å². The summed E-state index contributed by atoms with van der Waals surface area (Å²) in [6.45, 7) is 5.66. The van der Waals surface area contributed by atoms with E-state index in [2.05, 4.69) is 40.7 Å². The van der Waals surface area contributed by atoms with Crippen LogP contribution in [0.15, 0.2) is 15.9 Å². The zero-order chi connectivity index (χ0) is 12.1. The number of nitrogens with zero attached hydrogens (tertiary/aromatic N) is 1. The van der Waals surface area contributed by atoms with E-state index in [9.17, 15) is 0 Å². The van der Waals surface area contributed by atoms with Crippen LogP contribution in [-0.4, -0.2) is 35.7 Å². The van der Waals surface area contributed by atoms with Gasteiger partial charge in [-0.25, -0.2) is 0 Å². The number of rotatable bonds is 6. The Morgan fingerprint density at radius 2 is 2.19 bits per heavy atom. The Bertz CT molecular complexity index is 317. The molecule has 0 aliphatic heterocycles. The van der Waals surface area contributed by atoms with Gasteiger partial charge in [-0.2, -0.15) is 0 Å². The van der Waals surface area contributed by atoms with E-state index in [1.165, 1.54) is 4.88 Å². The van der Waals surface area contributed by atoms with Crippen LogP contribution in [0.3, 0.4) is 0 Å². The lowest BCUT2D eigenvalue weighted by atomic mass is 10.1. The zero-order valence-corrected chi connectivity index (χ0v) is 12.1. The van der Waals surface area contributed by atoms with E-state index in [-0.39, 0.29) is 12.6 Å². The highest BCUT2D eigenvalue weighted by atomic mass is 79.9. The number of thiophene rings is 1. The van der Waals surface area contributed by atoms with Crippen LogP contribution in [0.1, 0.15) is 24.8 Å². The highest BCUT2D eigenvalue weighted by Gasteiger charge is 2.22. The molecule has 1 atom stereocenters. The summed E-state index contributed by atoms with van der Waals surface area (Å²) >= 11 is 5.17. The van der Waals surface area contributed by atoms with Gasteiger partial charge in [0.15, 0.2) is 0 Å². The lowest BCUT2D eigenvalue weighted by molar-refractivity contribution is 0.122. The van der Waals surface area contributed by atoms with Crippen molar-refractivity contribution < 1.29 is 5.11 Å². The average molecular weight is 307 g/mol. The highest BCUT2D eigenvalue weighted by Crippen LogP contribution is 2.31. The number of nitrogens with two attached hydrogens (primary N) is 1. The second-order valence-electron chi connectivity index (χ2n) is 3.95. The number of aliphatic hydroxyl groups is 1. The Balaban J connectivity index is 2.85. The van der Waals surface area contributed by atoms with E-state index >= 15 is 0 Å². The molecule has 1 aromatic rings. The van der Waals surface area contributed by atoms with Crippen LogP contribution >= 0.6 is 27.3 Å². The van der Waals surface area contributed by atoms with Gasteiger partial charge in [0.25, 0.3) is 0 Å². The molecule has 0 saturated carbocycles. The quantitative estimate of drug-likeness (QED) is 0.847. The third-order valence-corrected chi connectivity index (χ3v) is 4.29. The molecule has 3 nitrogen and oxygen atoms in total. The topological polar surface area (TPSA) is 49.5 Å². The Morgan fingerprint density at radius 3 is 2.56 bits per heavy atom. The lowest BCUT2D eigenvalue weighted by Crippen LogP contribution is -2.40. The molecule has 5 heteroatoms. The van der Waals surface area contributed by atoms with Gasteiger partial charge in [-0.05, 0) is 41.9 Å². The minimum absolute atomic E-state index is 0.168. The molecular formula is C11H19BrN2OS. The van der Waals surface area contributed by atoms with E-state index in [0.29, 0.717) is 19.1 Å². The molecule has 16 heavy (non-hydrogen) atoms. The number of hydrogen-bond acceptors (Lipinski definition) is 4. The molecule has 0 amide bonds. The van der Waals surface area contributed by atoms with E-state index in [4.69, 9.17) is 10.8 Å². The van der Waals surface area contributed by atoms with Crippen molar-refractivity contribution >= 4 is 27.3 Å². The third-order valence-electron chi connectivity index (χ3n) is 2.57. The molecule has 1 rings (SSSR count). The maximum Gasteiger partial charge on any atom is 0.0702 e. The molecule has 1 aromatic heterocycles. The van der Waals surface area contributed by atoms with Crippen LogP contribution in [0, 0.1) is 0 Å². The Labute approximate surface area is 109 Å². The van der Waals surface area contributed by atoms with E-state index in [1.807, 2.05) is 6.07 Å². The van der Waals surface area contributed by atoms with Crippen molar-refractivity contribution in [3.8, 4) is 0 Å². The van der Waals surface area contributed by atoms with Crippen LogP contribution in [0.5, 0.6) is 0 Å². The molecule has 3 N–H and O–H groups in total. The van der Waals surface area contributed by atoms with Crippen molar-refractivity contribution in [3.05, 3.63) is 20.8 Å². The Morgan fingerprint density at radius 1 is 1.50 bits per heavy atom. The second-order valence-corrected chi connectivity index (χ2v) is 6.44. The van der Waals surface area contributed by atoms with Crippen molar-refractivity contribution in [2.24, 2.45) is 5.73 Å². The minimum atomic E-state index is 0.168. The predicted molar refractivity (Wildman–Crippen MR) is 72.7 cm³/mol. The van der Waals surface area contributed by atoms with Gasteiger partial charge in [-0.3, -0.25) is 4.90 Å². The first-order chi connectivity index (χ1) is 7.60. The Hall–Kier alpha value is 0.0600. The SMILES string of the molecule is CC(C)N(CCO)C(CN)c1ccc(Br)s1. The van der Waals surface area contributed by atoms with Crippen molar-refractivity contribution in [3.63, 3.8) is 0 Å². The second kappa shape index (κ2) is 6.71. The fraction of sp³-hybridized carbons (Fsp3) is 0.636. The summed E-state index contributed by atoms with van der Waals surface area (Å²) in [6, 6.07) is 4.71. The van der Waals surface area contributed by atoms with Crippen LogP contribution in [0.2, 0.25) is 0 Å². The predicted octanol–water partition coefficient (Wildman–Crippen LogP) is 2.21. The average Bonchev–Trinajstić information content (AvgIpc) is 2.64. The first-order valence-corrected chi connectivity index (χ1v) is 7.03. The van der Waals surface area contributed by atoms with Crippen molar-refractivity contribution in [1.82, 2.24) is 4.90 Å². The number of halogens is 1. The molecule has 0 bridgehead atoms. The number of aliphatic hydroxyl groups excluding tert-OH is 1. The fourth-order valence-electron chi connectivity index (χ4n) is 1.81. The smallest absolute Gasteiger partial charge is 0.0702 e. The standard InChI is InChI=1S/C11H19BrN2OS/c1-8(2)14(5-6-15)9(7-13)10-3-4-11(12)16-10/h3-4,8-9,15H,5-7,13H2,1-2H3. The van der Waals surface area contributed by atoms with Gasteiger partial charge in [0.2, 0.25) is 0 Å². The van der Waals surface area contributed by atoms with Gasteiger partial charge >= 0.3 is 0 Å². The maximum atomic E-state index is 9.09. The monoisotopic (exact) mass is 306 g/mol. The molecule has 0 aliphatic carbocycles. The summed E-state index contributed by atoms with van der Waals surface area (Å²) < 4.78 is 1.12.